The van der Waals surface area contributed by atoms with Gasteiger partial charge in [-0.3, -0.25) is 14.2 Å². The van der Waals surface area contributed by atoms with E-state index >= 15 is 0 Å². The molecule has 11 nitrogen and oxygen atoms in total. The van der Waals surface area contributed by atoms with Crippen LogP contribution in [0, 0.1) is 5.82 Å². The van der Waals surface area contributed by atoms with E-state index in [1.54, 1.807) is 26.0 Å². The van der Waals surface area contributed by atoms with Crippen LogP contribution < -0.4 is 27.6 Å². The molecule has 5 aromatic rings. The van der Waals surface area contributed by atoms with Crippen molar-refractivity contribution in [3.05, 3.63) is 105 Å². The van der Waals surface area contributed by atoms with Crippen LogP contribution in [0.5, 0.6) is 0 Å². The van der Waals surface area contributed by atoms with E-state index < -0.39 is 23.0 Å². The number of hydrogen-bond acceptors (Lipinski definition) is 7. The highest BCUT2D eigenvalue weighted by Gasteiger charge is 2.24. The average Bonchev–Trinajstić information content (AvgIpc) is 3.40. The van der Waals surface area contributed by atoms with E-state index in [4.69, 9.17) is 5.73 Å². The molecule has 1 fully saturated rings. The van der Waals surface area contributed by atoms with E-state index in [0.29, 0.717) is 17.4 Å². The van der Waals surface area contributed by atoms with Crippen molar-refractivity contribution in [2.75, 3.05) is 24.1 Å². The number of aromatic nitrogens is 5. The van der Waals surface area contributed by atoms with Crippen molar-refractivity contribution < 1.29 is 9.18 Å². The van der Waals surface area contributed by atoms with E-state index in [0.717, 1.165) is 65.0 Å². The van der Waals surface area contributed by atoms with Gasteiger partial charge in [0, 0.05) is 35.1 Å². The van der Waals surface area contributed by atoms with E-state index in [9.17, 15) is 18.8 Å². The van der Waals surface area contributed by atoms with Gasteiger partial charge in [-0.1, -0.05) is 12.1 Å². The van der Waals surface area contributed by atoms with Gasteiger partial charge < -0.3 is 16.4 Å². The predicted molar refractivity (Wildman–Crippen MR) is 162 cm³/mol. The van der Waals surface area contributed by atoms with Crippen LogP contribution in [-0.2, 0) is 0 Å². The summed E-state index contributed by atoms with van der Waals surface area (Å²) in [4.78, 5) is 44.1. The molecule has 1 aliphatic rings. The summed E-state index contributed by atoms with van der Waals surface area (Å²) in [6, 6.07) is 13.9. The number of nitrogens with zero attached hydrogens (tertiary/aromatic N) is 5. The molecular weight excluding hydrogens is 551 g/mol. The summed E-state index contributed by atoms with van der Waals surface area (Å²) >= 11 is 0. The van der Waals surface area contributed by atoms with Crippen molar-refractivity contribution >= 4 is 22.9 Å². The molecule has 6 rings (SSSR count). The van der Waals surface area contributed by atoms with Gasteiger partial charge in [-0.05, 0) is 87.8 Å². The first-order valence-electron chi connectivity index (χ1n) is 14.1. The highest BCUT2D eigenvalue weighted by atomic mass is 19.1. The van der Waals surface area contributed by atoms with Gasteiger partial charge in [0.2, 0.25) is 0 Å². The number of nitrogens with one attached hydrogen (secondary N) is 2. The Hall–Kier alpha value is -5.10. The maximum absolute atomic E-state index is 13.5. The molecule has 2 aromatic carbocycles. The molecular formula is C31H31FN8O3. The standard InChI is InChI=1S/C31H31FN8O3/c1-18(2)38-16-25(30(42)39(31(38)43)23-9-5-21(32)6-10-23)29(41)37-22-7-3-19(4-8-22)24-15-26(20-11-13-34-14-12-20)40-27(24)28(33)35-17-36-40/h3-10,15-18,20,34H,11-14H2,1-2H3,(H,37,41)(H2,33,35,36). The summed E-state index contributed by atoms with van der Waals surface area (Å²) in [5.41, 5.74) is 8.82. The van der Waals surface area contributed by atoms with E-state index in [2.05, 4.69) is 26.8 Å². The number of anilines is 2. The van der Waals surface area contributed by atoms with Crippen molar-refractivity contribution in [2.24, 2.45) is 0 Å². The first-order valence-corrected chi connectivity index (χ1v) is 14.1. The zero-order chi connectivity index (χ0) is 30.2. The van der Waals surface area contributed by atoms with E-state index in [-0.39, 0.29) is 17.3 Å². The van der Waals surface area contributed by atoms with Crippen molar-refractivity contribution in [2.45, 2.75) is 38.6 Å². The Morgan fingerprint density at radius 1 is 1.07 bits per heavy atom. The quantitative estimate of drug-likeness (QED) is 0.277. The molecule has 0 saturated carbocycles. The number of hydrogen-bond donors (Lipinski definition) is 3. The zero-order valence-corrected chi connectivity index (χ0v) is 23.8. The number of fused-ring (bicyclic) bond motifs is 1. The van der Waals surface area contributed by atoms with Crippen LogP contribution in [-0.4, -0.2) is 42.7 Å². The Morgan fingerprint density at radius 2 is 1.77 bits per heavy atom. The molecule has 1 amide bonds. The second kappa shape index (κ2) is 11.3. The van der Waals surface area contributed by atoms with Crippen molar-refractivity contribution in [3.8, 4) is 16.8 Å². The maximum atomic E-state index is 13.5. The topological polar surface area (TPSA) is 141 Å². The summed E-state index contributed by atoms with van der Waals surface area (Å²) in [5.74, 6) is -0.476. The van der Waals surface area contributed by atoms with Gasteiger partial charge in [-0.25, -0.2) is 23.3 Å². The van der Waals surface area contributed by atoms with Crippen molar-refractivity contribution in [1.29, 1.82) is 0 Å². The molecule has 220 valence electrons. The largest absolute Gasteiger partial charge is 0.382 e. The number of carbonyl (C=O) groups excluding carboxylic acids is 1. The Balaban J connectivity index is 1.33. The van der Waals surface area contributed by atoms with Gasteiger partial charge in [0.15, 0.2) is 5.82 Å². The minimum atomic E-state index is -0.802. The number of nitrogens with two attached hydrogens (primary N) is 1. The summed E-state index contributed by atoms with van der Waals surface area (Å²) < 4.78 is 17.6. The van der Waals surface area contributed by atoms with Gasteiger partial charge in [-0.2, -0.15) is 5.10 Å². The van der Waals surface area contributed by atoms with Crippen molar-refractivity contribution in [1.82, 2.24) is 29.0 Å². The van der Waals surface area contributed by atoms with Crippen LogP contribution in [0.1, 0.15) is 54.7 Å². The summed E-state index contributed by atoms with van der Waals surface area (Å²) in [5, 5.41) is 10.7. The normalized spacial score (nSPS) is 14.0. The molecule has 12 heteroatoms. The van der Waals surface area contributed by atoms with Gasteiger partial charge in [-0.15, -0.1) is 0 Å². The van der Waals surface area contributed by atoms with Crippen LogP contribution in [0.4, 0.5) is 15.9 Å². The fourth-order valence-corrected chi connectivity index (χ4v) is 5.57. The van der Waals surface area contributed by atoms with Gasteiger partial charge >= 0.3 is 5.69 Å². The molecule has 3 aromatic heterocycles. The lowest BCUT2D eigenvalue weighted by molar-refractivity contribution is 0.102. The minimum absolute atomic E-state index is 0.164. The third-order valence-electron chi connectivity index (χ3n) is 7.82. The average molecular weight is 583 g/mol. The smallest absolute Gasteiger partial charge is 0.335 e. The minimum Gasteiger partial charge on any atom is -0.382 e. The van der Waals surface area contributed by atoms with Crippen LogP contribution in [0.2, 0.25) is 0 Å². The predicted octanol–water partition coefficient (Wildman–Crippen LogP) is 3.73. The Labute approximate surface area is 245 Å². The molecule has 0 spiro atoms. The van der Waals surface area contributed by atoms with Gasteiger partial charge in [0.25, 0.3) is 11.5 Å². The summed E-state index contributed by atoms with van der Waals surface area (Å²) in [7, 11) is 0. The van der Waals surface area contributed by atoms with E-state index in [1.165, 1.54) is 29.2 Å². The van der Waals surface area contributed by atoms with Crippen LogP contribution in [0.25, 0.3) is 22.3 Å². The lowest BCUT2D eigenvalue weighted by Crippen LogP contribution is -2.42. The lowest BCUT2D eigenvalue weighted by Gasteiger charge is -2.22. The Morgan fingerprint density at radius 3 is 2.44 bits per heavy atom. The number of rotatable bonds is 6. The first kappa shape index (κ1) is 28.0. The number of carbonyl (C=O) groups is 1. The van der Waals surface area contributed by atoms with Crippen LogP contribution in [0.3, 0.4) is 0 Å². The SMILES string of the molecule is CC(C)n1cc(C(=O)Nc2ccc(-c3cc(C4CCNCC4)n4ncnc(N)c34)cc2)c(=O)n(-c2ccc(F)cc2)c1=O. The second-order valence-electron chi connectivity index (χ2n) is 10.9. The molecule has 43 heavy (non-hydrogen) atoms. The molecule has 1 aliphatic heterocycles. The van der Waals surface area contributed by atoms with Gasteiger partial charge in [0.05, 0.1) is 5.69 Å². The molecule has 1 saturated heterocycles. The van der Waals surface area contributed by atoms with Crippen LogP contribution >= 0.6 is 0 Å². The number of benzene rings is 2. The molecule has 0 unspecified atom stereocenters. The van der Waals surface area contributed by atoms with Crippen LogP contribution in [0.15, 0.2) is 76.7 Å². The third kappa shape index (κ3) is 5.21. The lowest BCUT2D eigenvalue weighted by atomic mass is 9.94. The maximum Gasteiger partial charge on any atom is 0.335 e. The summed E-state index contributed by atoms with van der Waals surface area (Å²) in [6.07, 6.45) is 4.71. The highest BCUT2D eigenvalue weighted by Crippen LogP contribution is 2.36. The number of piperidine rings is 1. The molecule has 0 atom stereocenters. The fourth-order valence-electron chi connectivity index (χ4n) is 5.57. The van der Waals surface area contributed by atoms with E-state index in [1.807, 2.05) is 16.6 Å². The Kier molecular flexibility index (Phi) is 7.36. The number of halogens is 1. The fraction of sp³-hybridized carbons (Fsp3) is 0.258. The highest BCUT2D eigenvalue weighted by molar-refractivity contribution is 6.04. The molecule has 0 radical (unpaired) electrons. The number of amides is 1. The van der Waals surface area contributed by atoms with Crippen molar-refractivity contribution in [3.63, 3.8) is 0 Å². The summed E-state index contributed by atoms with van der Waals surface area (Å²) in [6.45, 7) is 5.40. The third-order valence-corrected chi connectivity index (χ3v) is 7.82. The molecule has 4 N–H and O–H groups in total. The number of nitrogen functional groups attached to an aromatic ring is 1. The second-order valence-corrected chi connectivity index (χ2v) is 10.9. The monoisotopic (exact) mass is 582 g/mol. The molecule has 0 aliphatic carbocycles. The first-order chi connectivity index (χ1) is 20.7. The van der Waals surface area contributed by atoms with Gasteiger partial charge in [0.1, 0.15) is 23.2 Å². The zero-order valence-electron chi connectivity index (χ0n) is 23.8. The molecule has 4 heterocycles. The Bertz CT molecular complexity index is 1940. The molecule has 0 bridgehead atoms.